The summed E-state index contributed by atoms with van der Waals surface area (Å²) < 4.78 is 11.3. The predicted molar refractivity (Wildman–Crippen MR) is 382 cm³/mol. The van der Waals surface area contributed by atoms with Crippen molar-refractivity contribution in [2.24, 2.45) is 0 Å². The Morgan fingerprint density at radius 2 is 0.708 bits per heavy atom. The summed E-state index contributed by atoms with van der Waals surface area (Å²) in [5.74, 6) is -0.181. The molecule has 0 spiro atoms. The molecule has 1 aliphatic rings. The predicted octanol–water partition coefficient (Wildman–Crippen LogP) is 21.9. The first-order valence-corrected chi connectivity index (χ1v) is 38.7. The van der Waals surface area contributed by atoms with E-state index in [2.05, 4.69) is 79.9 Å². The van der Waals surface area contributed by atoms with E-state index in [1.54, 1.807) is 6.08 Å². The number of unbranched alkanes of at least 4 members (excludes halogenated alkanes) is 48. The highest BCUT2D eigenvalue weighted by molar-refractivity contribution is 5.76. The fraction of sp³-hybridized carbons (Fsp3) is 0.838. The Kier molecular flexibility index (Phi) is 65.1. The van der Waals surface area contributed by atoms with Crippen molar-refractivity contribution < 1.29 is 39.8 Å². The van der Waals surface area contributed by atoms with E-state index in [9.17, 15) is 30.3 Å². The maximum Gasteiger partial charge on any atom is 0.220 e. The van der Waals surface area contributed by atoms with Crippen molar-refractivity contribution in [1.29, 1.82) is 0 Å². The lowest BCUT2D eigenvalue weighted by Gasteiger charge is -2.40. The standard InChI is InChI=1S/C80H147NO8/c1-3-5-7-9-11-13-15-17-19-21-23-25-27-29-31-33-35-37-39-41-43-45-47-49-51-53-55-57-59-61-63-65-67-69-74(83)73(72-88-80-79(87)78(86)77(85)75(71-82)89-80)81-76(84)70-68-66-64-62-60-58-56-54-52-50-48-46-44-42-40-38-36-34-32-30-28-26-24-22-20-18-16-14-12-10-8-6-4-2/h6,8,12,14,18,20,24,26,59,61,67,69,73-75,77-80,82-83,85-87H,3-5,7,9-11,13,15-17,19,21-23,25,27-58,60,62-66,68,70-72H2,1-2H3,(H,81,84)/b8-6-,14-12-,20-18-,26-24-,61-59+,69-67+. The average Bonchev–Trinajstić information content (AvgIpc) is 2.28. The summed E-state index contributed by atoms with van der Waals surface area (Å²) in [7, 11) is 0. The van der Waals surface area contributed by atoms with Gasteiger partial charge in [-0.25, -0.2) is 0 Å². The smallest absolute Gasteiger partial charge is 0.220 e. The van der Waals surface area contributed by atoms with E-state index in [-0.39, 0.29) is 12.5 Å². The highest BCUT2D eigenvalue weighted by Crippen LogP contribution is 2.24. The minimum atomic E-state index is -1.58. The maximum atomic E-state index is 13.2. The summed E-state index contributed by atoms with van der Waals surface area (Å²) in [4.78, 5) is 13.2. The van der Waals surface area contributed by atoms with Gasteiger partial charge in [-0.2, -0.15) is 0 Å². The molecule has 7 unspecified atom stereocenters. The lowest BCUT2D eigenvalue weighted by molar-refractivity contribution is -0.302. The van der Waals surface area contributed by atoms with Crippen LogP contribution in [-0.2, 0) is 14.3 Å². The van der Waals surface area contributed by atoms with Crippen molar-refractivity contribution in [3.05, 3.63) is 72.9 Å². The molecule has 0 bridgehead atoms. The van der Waals surface area contributed by atoms with Gasteiger partial charge in [-0.3, -0.25) is 4.79 Å². The van der Waals surface area contributed by atoms with Gasteiger partial charge in [-0.1, -0.05) is 369 Å². The number of nitrogens with one attached hydrogen (secondary N) is 1. The number of rotatable bonds is 68. The van der Waals surface area contributed by atoms with Crippen LogP contribution >= 0.6 is 0 Å². The first kappa shape index (κ1) is 84.6. The number of hydrogen-bond acceptors (Lipinski definition) is 8. The summed E-state index contributed by atoms with van der Waals surface area (Å²) in [6.45, 7) is 3.70. The second-order valence-corrected chi connectivity index (χ2v) is 26.8. The van der Waals surface area contributed by atoms with Crippen LogP contribution in [0.15, 0.2) is 72.9 Å². The van der Waals surface area contributed by atoms with E-state index in [0.717, 1.165) is 64.2 Å². The fourth-order valence-electron chi connectivity index (χ4n) is 12.3. The molecule has 1 heterocycles. The maximum absolute atomic E-state index is 13.2. The second-order valence-electron chi connectivity index (χ2n) is 26.8. The second kappa shape index (κ2) is 68.5. The lowest BCUT2D eigenvalue weighted by Crippen LogP contribution is -2.60. The van der Waals surface area contributed by atoms with E-state index in [0.29, 0.717) is 6.42 Å². The quantitative estimate of drug-likeness (QED) is 0.0261. The summed E-state index contributed by atoms with van der Waals surface area (Å²) in [5, 5.41) is 54.9. The molecule has 9 heteroatoms. The Bertz CT molecular complexity index is 1640. The van der Waals surface area contributed by atoms with Gasteiger partial charge in [0, 0.05) is 6.42 Å². The topological polar surface area (TPSA) is 149 Å². The molecule has 6 N–H and O–H groups in total. The van der Waals surface area contributed by atoms with Gasteiger partial charge in [0.1, 0.15) is 24.4 Å². The van der Waals surface area contributed by atoms with E-state index >= 15 is 0 Å². The number of aliphatic hydroxyl groups excluding tert-OH is 5. The van der Waals surface area contributed by atoms with Gasteiger partial charge in [0.25, 0.3) is 0 Å². The molecule has 9 nitrogen and oxygen atoms in total. The van der Waals surface area contributed by atoms with Crippen LogP contribution in [0.5, 0.6) is 0 Å². The monoisotopic (exact) mass is 1250 g/mol. The highest BCUT2D eigenvalue weighted by Gasteiger charge is 2.44. The van der Waals surface area contributed by atoms with Crippen molar-refractivity contribution >= 4 is 5.91 Å². The van der Waals surface area contributed by atoms with Crippen molar-refractivity contribution in [3.63, 3.8) is 0 Å². The van der Waals surface area contributed by atoms with Gasteiger partial charge in [0.05, 0.1) is 25.4 Å². The lowest BCUT2D eigenvalue weighted by atomic mass is 9.99. The van der Waals surface area contributed by atoms with Gasteiger partial charge in [-0.05, 0) is 70.6 Å². The van der Waals surface area contributed by atoms with E-state index in [4.69, 9.17) is 9.47 Å². The molecule has 89 heavy (non-hydrogen) atoms. The molecule has 0 saturated carbocycles. The molecule has 0 radical (unpaired) electrons. The molecular weight excluding hydrogens is 1100 g/mol. The Labute approximate surface area is 550 Å². The van der Waals surface area contributed by atoms with E-state index in [1.165, 1.54) is 289 Å². The molecule has 0 aromatic rings. The summed E-state index contributed by atoms with van der Waals surface area (Å²) >= 11 is 0. The van der Waals surface area contributed by atoms with Crippen LogP contribution in [0.2, 0.25) is 0 Å². The van der Waals surface area contributed by atoms with Gasteiger partial charge in [0.2, 0.25) is 5.91 Å². The Morgan fingerprint density at radius 1 is 0.393 bits per heavy atom. The molecule has 1 amide bonds. The van der Waals surface area contributed by atoms with Crippen LogP contribution in [0.25, 0.3) is 0 Å². The van der Waals surface area contributed by atoms with Crippen LogP contribution in [0, 0.1) is 0 Å². The van der Waals surface area contributed by atoms with Crippen LogP contribution in [0.3, 0.4) is 0 Å². The Balaban J connectivity index is 2.10. The zero-order valence-electron chi connectivity index (χ0n) is 58.4. The number of ether oxygens (including phenoxy) is 2. The summed E-state index contributed by atoms with van der Waals surface area (Å²) in [5.41, 5.74) is 0. The van der Waals surface area contributed by atoms with Gasteiger partial charge < -0.3 is 40.3 Å². The molecular formula is C80H147NO8. The molecule has 7 atom stereocenters. The molecule has 0 aliphatic carbocycles. The largest absolute Gasteiger partial charge is 0.394 e. The number of allylic oxidation sites excluding steroid dienone is 11. The minimum absolute atomic E-state index is 0.181. The Morgan fingerprint density at radius 3 is 1.08 bits per heavy atom. The molecule has 1 aliphatic heterocycles. The van der Waals surface area contributed by atoms with Gasteiger partial charge in [0.15, 0.2) is 6.29 Å². The molecule has 0 aromatic heterocycles. The number of hydrogen-bond donors (Lipinski definition) is 6. The number of carbonyl (C=O) groups is 1. The van der Waals surface area contributed by atoms with Crippen LogP contribution in [0.4, 0.5) is 0 Å². The Hall–Kier alpha value is -2.37. The summed E-state index contributed by atoms with van der Waals surface area (Å²) in [6, 6.07) is -0.825. The zero-order chi connectivity index (χ0) is 64.2. The number of aliphatic hydroxyl groups is 5. The van der Waals surface area contributed by atoms with Gasteiger partial charge >= 0.3 is 0 Å². The first-order valence-electron chi connectivity index (χ1n) is 38.7. The van der Waals surface area contributed by atoms with Crippen molar-refractivity contribution in [2.75, 3.05) is 13.2 Å². The minimum Gasteiger partial charge on any atom is -0.394 e. The zero-order valence-corrected chi connectivity index (χ0v) is 58.4. The highest BCUT2D eigenvalue weighted by atomic mass is 16.7. The number of amides is 1. The third kappa shape index (κ3) is 56.9. The third-order valence-corrected chi connectivity index (χ3v) is 18.3. The van der Waals surface area contributed by atoms with Crippen molar-refractivity contribution in [3.8, 4) is 0 Å². The SMILES string of the molecule is CC/C=C\C/C=C\C/C=C\C/C=C\CCCCCCCCCCCCCCCCCCCCCCC(=O)NC(COC1OC(CO)C(O)C(O)C1O)C(O)/C=C/CC/C=C/CCCCCCCCCCCCCCCCCCCCCCCCCCCCC. The van der Waals surface area contributed by atoms with Crippen molar-refractivity contribution in [2.45, 2.75) is 416 Å². The van der Waals surface area contributed by atoms with Gasteiger partial charge in [-0.15, -0.1) is 0 Å². The van der Waals surface area contributed by atoms with E-state index < -0.39 is 49.5 Å². The van der Waals surface area contributed by atoms with Crippen LogP contribution in [-0.4, -0.2) is 87.5 Å². The molecule has 1 fully saturated rings. The van der Waals surface area contributed by atoms with E-state index in [1.807, 2.05) is 6.08 Å². The molecule has 1 saturated heterocycles. The molecule has 1 rings (SSSR count). The van der Waals surface area contributed by atoms with Crippen LogP contribution in [0.1, 0.15) is 373 Å². The first-order chi connectivity index (χ1) is 43.8. The normalized spacial score (nSPS) is 18.2. The molecule has 0 aromatic carbocycles. The third-order valence-electron chi connectivity index (χ3n) is 18.3. The number of carbonyl (C=O) groups excluding carboxylic acids is 1. The van der Waals surface area contributed by atoms with Crippen molar-refractivity contribution in [1.82, 2.24) is 5.32 Å². The summed E-state index contributed by atoms with van der Waals surface area (Å²) in [6.07, 6.45) is 90.5. The van der Waals surface area contributed by atoms with Crippen LogP contribution < -0.4 is 5.32 Å². The molecule has 520 valence electrons. The fourth-order valence-corrected chi connectivity index (χ4v) is 12.3. The average molecular weight is 1250 g/mol.